The lowest BCUT2D eigenvalue weighted by Crippen LogP contribution is -2.46. The summed E-state index contributed by atoms with van der Waals surface area (Å²) in [4.78, 5) is 24.0. The predicted octanol–water partition coefficient (Wildman–Crippen LogP) is 1.99. The first-order chi connectivity index (χ1) is 11.2. The summed E-state index contributed by atoms with van der Waals surface area (Å²) in [6.07, 6.45) is -2.23. The van der Waals surface area contributed by atoms with E-state index in [0.717, 1.165) is 4.90 Å². The van der Waals surface area contributed by atoms with E-state index in [9.17, 15) is 22.8 Å². The molecule has 24 heavy (non-hydrogen) atoms. The lowest BCUT2D eigenvalue weighted by molar-refractivity contribution is -0.186. The van der Waals surface area contributed by atoms with Gasteiger partial charge in [0.15, 0.2) is 0 Å². The Hall–Kier alpha value is -2.06. The van der Waals surface area contributed by atoms with Crippen LogP contribution < -0.4 is 5.32 Å². The van der Waals surface area contributed by atoms with E-state index >= 15 is 0 Å². The van der Waals surface area contributed by atoms with Crippen molar-refractivity contribution in [2.45, 2.75) is 38.9 Å². The molecule has 0 bridgehead atoms. The summed E-state index contributed by atoms with van der Waals surface area (Å²) in [6.45, 7) is 4.37. The molecular weight excluding hydrogens is 325 g/mol. The van der Waals surface area contributed by atoms with E-state index in [1.807, 2.05) is 13.8 Å². The van der Waals surface area contributed by atoms with E-state index in [1.54, 1.807) is 16.9 Å². The van der Waals surface area contributed by atoms with Crippen molar-refractivity contribution in [3.8, 4) is 0 Å². The van der Waals surface area contributed by atoms with Gasteiger partial charge in [0.25, 0.3) is 5.91 Å². The zero-order valence-corrected chi connectivity index (χ0v) is 13.6. The lowest BCUT2D eigenvalue weighted by atomic mass is 9.96. The van der Waals surface area contributed by atoms with Gasteiger partial charge in [-0.2, -0.15) is 18.3 Å². The molecule has 1 N–H and O–H groups in total. The van der Waals surface area contributed by atoms with Crippen LogP contribution in [0.4, 0.5) is 13.2 Å². The van der Waals surface area contributed by atoms with Gasteiger partial charge in [0.1, 0.15) is 5.69 Å². The van der Waals surface area contributed by atoms with Gasteiger partial charge < -0.3 is 10.2 Å². The van der Waals surface area contributed by atoms with Crippen molar-refractivity contribution in [3.05, 3.63) is 18.0 Å². The topological polar surface area (TPSA) is 67.2 Å². The fourth-order valence-corrected chi connectivity index (χ4v) is 2.59. The predicted molar refractivity (Wildman–Crippen MR) is 80.3 cm³/mol. The molecule has 0 radical (unpaired) electrons. The highest BCUT2D eigenvalue weighted by atomic mass is 19.4. The van der Waals surface area contributed by atoms with Gasteiger partial charge in [0.05, 0.1) is 0 Å². The molecule has 1 saturated heterocycles. The average molecular weight is 346 g/mol. The number of amides is 2. The van der Waals surface area contributed by atoms with E-state index in [-0.39, 0.29) is 31.0 Å². The van der Waals surface area contributed by atoms with Crippen molar-refractivity contribution in [2.75, 3.05) is 19.6 Å². The Labute approximate surface area is 138 Å². The maximum atomic E-state index is 12.4. The van der Waals surface area contributed by atoms with Gasteiger partial charge in [-0.25, -0.2) is 0 Å². The summed E-state index contributed by atoms with van der Waals surface area (Å²) in [6, 6.07) is 1.78. The molecule has 0 spiro atoms. The minimum atomic E-state index is -4.82. The monoisotopic (exact) mass is 346 g/mol. The molecule has 0 unspecified atom stereocenters. The summed E-state index contributed by atoms with van der Waals surface area (Å²) in [7, 11) is 0. The molecule has 0 aromatic carbocycles. The standard InChI is InChI=1S/C15H21F3N4O2/c1-10(2)22-8-5-12(20-22)13(23)19-9-11-3-6-21(7-4-11)14(24)15(16,17)18/h5,8,10-11H,3-4,6-7,9H2,1-2H3,(H,19,23). The Morgan fingerprint density at radius 2 is 1.96 bits per heavy atom. The van der Waals surface area contributed by atoms with Crippen LogP contribution in [0.15, 0.2) is 12.3 Å². The van der Waals surface area contributed by atoms with Crippen molar-refractivity contribution in [3.63, 3.8) is 0 Å². The minimum Gasteiger partial charge on any atom is -0.350 e. The fraction of sp³-hybridized carbons (Fsp3) is 0.667. The van der Waals surface area contributed by atoms with Gasteiger partial charge in [-0.15, -0.1) is 0 Å². The maximum absolute atomic E-state index is 12.4. The van der Waals surface area contributed by atoms with Crippen molar-refractivity contribution in [2.24, 2.45) is 5.92 Å². The molecule has 1 aliphatic heterocycles. The highest BCUT2D eigenvalue weighted by Gasteiger charge is 2.43. The van der Waals surface area contributed by atoms with Gasteiger partial charge >= 0.3 is 12.1 Å². The SMILES string of the molecule is CC(C)n1ccc(C(=O)NCC2CCN(C(=O)C(F)(F)F)CC2)n1. The molecule has 1 aromatic heterocycles. The van der Waals surface area contributed by atoms with Crippen LogP contribution in [0, 0.1) is 5.92 Å². The molecular formula is C15H21F3N4O2. The Morgan fingerprint density at radius 3 is 2.46 bits per heavy atom. The number of carbonyl (C=O) groups excluding carboxylic acids is 2. The maximum Gasteiger partial charge on any atom is 0.471 e. The fourth-order valence-electron chi connectivity index (χ4n) is 2.59. The first kappa shape index (κ1) is 18.3. The van der Waals surface area contributed by atoms with Crippen LogP contribution in [0.1, 0.15) is 43.2 Å². The molecule has 1 fully saturated rings. The first-order valence-corrected chi connectivity index (χ1v) is 7.88. The number of alkyl halides is 3. The summed E-state index contributed by atoms with van der Waals surface area (Å²) < 4.78 is 38.8. The number of nitrogens with zero attached hydrogens (tertiary/aromatic N) is 3. The van der Waals surface area contributed by atoms with Gasteiger partial charge in [0.2, 0.25) is 0 Å². The van der Waals surface area contributed by atoms with Crippen molar-refractivity contribution in [1.29, 1.82) is 0 Å². The number of nitrogens with one attached hydrogen (secondary N) is 1. The Bertz CT molecular complexity index is 590. The Morgan fingerprint density at radius 1 is 1.33 bits per heavy atom. The second kappa shape index (κ2) is 7.23. The second-order valence-corrected chi connectivity index (χ2v) is 6.22. The molecule has 2 heterocycles. The normalized spacial score (nSPS) is 16.5. The molecule has 0 saturated carbocycles. The smallest absolute Gasteiger partial charge is 0.350 e. The largest absolute Gasteiger partial charge is 0.471 e. The van der Waals surface area contributed by atoms with E-state index < -0.39 is 12.1 Å². The lowest BCUT2D eigenvalue weighted by Gasteiger charge is -2.32. The van der Waals surface area contributed by atoms with Crippen molar-refractivity contribution < 1.29 is 22.8 Å². The van der Waals surface area contributed by atoms with E-state index in [2.05, 4.69) is 10.4 Å². The van der Waals surface area contributed by atoms with Gasteiger partial charge in [-0.05, 0) is 38.7 Å². The van der Waals surface area contributed by atoms with E-state index in [0.29, 0.717) is 25.1 Å². The molecule has 0 aliphatic carbocycles. The summed E-state index contributed by atoms with van der Waals surface area (Å²) in [5.41, 5.74) is 0.313. The van der Waals surface area contributed by atoms with Gasteiger partial charge in [0, 0.05) is 31.9 Å². The first-order valence-electron chi connectivity index (χ1n) is 7.88. The number of likely N-dealkylation sites (tertiary alicyclic amines) is 1. The van der Waals surface area contributed by atoms with Crippen LogP contribution in [-0.4, -0.2) is 52.3 Å². The van der Waals surface area contributed by atoms with Crippen LogP contribution >= 0.6 is 0 Å². The Kier molecular flexibility index (Phi) is 5.51. The molecule has 134 valence electrons. The van der Waals surface area contributed by atoms with Crippen LogP contribution in [0.3, 0.4) is 0 Å². The van der Waals surface area contributed by atoms with Crippen molar-refractivity contribution in [1.82, 2.24) is 20.0 Å². The van der Waals surface area contributed by atoms with Gasteiger partial charge in [-0.1, -0.05) is 0 Å². The van der Waals surface area contributed by atoms with E-state index in [4.69, 9.17) is 0 Å². The van der Waals surface area contributed by atoms with Crippen LogP contribution in [0.5, 0.6) is 0 Å². The second-order valence-electron chi connectivity index (χ2n) is 6.22. The molecule has 1 aromatic rings. The van der Waals surface area contributed by atoms with Crippen LogP contribution in [-0.2, 0) is 4.79 Å². The minimum absolute atomic E-state index is 0.0541. The van der Waals surface area contributed by atoms with E-state index in [1.165, 1.54) is 0 Å². The highest BCUT2D eigenvalue weighted by Crippen LogP contribution is 2.23. The highest BCUT2D eigenvalue weighted by molar-refractivity contribution is 5.92. The number of halogens is 3. The summed E-state index contributed by atoms with van der Waals surface area (Å²) in [5, 5.41) is 6.92. The number of rotatable bonds is 4. The average Bonchev–Trinajstić information content (AvgIpc) is 3.02. The quantitative estimate of drug-likeness (QED) is 0.907. The third-order valence-corrected chi connectivity index (χ3v) is 4.07. The zero-order chi connectivity index (χ0) is 17.9. The summed E-state index contributed by atoms with van der Waals surface area (Å²) in [5.74, 6) is -2.04. The number of piperidine rings is 1. The molecule has 2 amide bonds. The number of hydrogen-bond acceptors (Lipinski definition) is 3. The molecule has 0 atom stereocenters. The van der Waals surface area contributed by atoms with Crippen molar-refractivity contribution >= 4 is 11.8 Å². The van der Waals surface area contributed by atoms with Crippen LogP contribution in [0.25, 0.3) is 0 Å². The molecule has 2 rings (SSSR count). The number of carbonyl (C=O) groups is 2. The Balaban J connectivity index is 1.78. The molecule has 1 aliphatic rings. The van der Waals surface area contributed by atoms with Gasteiger partial charge in [-0.3, -0.25) is 14.3 Å². The molecule has 9 heteroatoms. The zero-order valence-electron chi connectivity index (χ0n) is 13.6. The third kappa shape index (κ3) is 4.48. The number of aromatic nitrogens is 2. The number of hydrogen-bond donors (Lipinski definition) is 1. The van der Waals surface area contributed by atoms with Crippen LogP contribution in [0.2, 0.25) is 0 Å². The summed E-state index contributed by atoms with van der Waals surface area (Å²) >= 11 is 0. The third-order valence-electron chi connectivity index (χ3n) is 4.07. The molecule has 6 nitrogen and oxygen atoms in total.